The van der Waals surface area contributed by atoms with E-state index in [-0.39, 0.29) is 19.1 Å². The highest BCUT2D eigenvalue weighted by Gasteiger charge is 2.13. The Balaban J connectivity index is 1.98. The van der Waals surface area contributed by atoms with E-state index in [2.05, 4.69) is 4.99 Å². The van der Waals surface area contributed by atoms with E-state index in [1.54, 1.807) is 29.7 Å². The van der Waals surface area contributed by atoms with Crippen molar-refractivity contribution in [3.63, 3.8) is 0 Å². The van der Waals surface area contributed by atoms with Crippen LogP contribution < -0.4 is 19.0 Å². The fourth-order valence-corrected chi connectivity index (χ4v) is 4.38. The normalized spacial score (nSPS) is 11.7. The Kier molecular flexibility index (Phi) is 7.89. The molecule has 0 fully saturated rings. The lowest BCUT2D eigenvalue weighted by molar-refractivity contribution is -0.143. The zero-order chi connectivity index (χ0) is 24.0. The van der Waals surface area contributed by atoms with E-state index in [4.69, 9.17) is 18.9 Å². The topological polar surface area (TPSA) is 88.4 Å². The van der Waals surface area contributed by atoms with E-state index in [1.807, 2.05) is 25.1 Å². The van der Waals surface area contributed by atoms with Gasteiger partial charge in [-0.05, 0) is 55.3 Å². The largest absolute Gasteiger partial charge is 0.493 e. The van der Waals surface area contributed by atoms with Crippen molar-refractivity contribution in [1.29, 1.82) is 0 Å². The van der Waals surface area contributed by atoms with Crippen LogP contribution >= 0.6 is 11.3 Å². The molecule has 3 rings (SSSR count). The van der Waals surface area contributed by atoms with Gasteiger partial charge < -0.3 is 23.5 Å². The van der Waals surface area contributed by atoms with Crippen LogP contribution in [0.3, 0.4) is 0 Å². The van der Waals surface area contributed by atoms with E-state index in [0.29, 0.717) is 27.6 Å². The molecule has 0 aliphatic rings. The fraction of sp³-hybridized carbons (Fsp3) is 0.292. The van der Waals surface area contributed by atoms with E-state index in [0.717, 1.165) is 15.8 Å². The van der Waals surface area contributed by atoms with Crippen LogP contribution in [0.5, 0.6) is 17.2 Å². The van der Waals surface area contributed by atoms with Crippen LogP contribution in [0.2, 0.25) is 0 Å². The maximum Gasteiger partial charge on any atom is 0.326 e. The van der Waals surface area contributed by atoms with E-state index in [9.17, 15) is 9.59 Å². The zero-order valence-corrected chi connectivity index (χ0v) is 20.0. The monoisotopic (exact) mass is 470 g/mol. The smallest absolute Gasteiger partial charge is 0.326 e. The molecule has 1 heterocycles. The highest BCUT2D eigenvalue weighted by molar-refractivity contribution is 7.16. The second kappa shape index (κ2) is 10.8. The van der Waals surface area contributed by atoms with Crippen LogP contribution in [0.4, 0.5) is 0 Å². The molecule has 2 aromatic carbocycles. The van der Waals surface area contributed by atoms with Gasteiger partial charge in [0.2, 0.25) is 5.75 Å². The number of hydrogen-bond donors (Lipinski definition) is 0. The molecular formula is C24H26N2O6S. The van der Waals surface area contributed by atoms with E-state index < -0.39 is 5.91 Å². The zero-order valence-electron chi connectivity index (χ0n) is 19.2. The maximum atomic E-state index is 12.7. The Morgan fingerprint density at radius 3 is 2.36 bits per heavy atom. The van der Waals surface area contributed by atoms with Gasteiger partial charge in [-0.3, -0.25) is 9.59 Å². The number of benzene rings is 2. The van der Waals surface area contributed by atoms with Gasteiger partial charge in [0.25, 0.3) is 5.91 Å². The standard InChI is InChI=1S/C24H26N2O6S/c1-6-32-22(28)14-26-17-9-7-15(2)11-20(17)33-24(26)25-21(27)10-8-16-12-18(29-3)23(31-5)19(13-16)30-4/h7-13H,6,14H2,1-5H3. The van der Waals surface area contributed by atoms with Crippen molar-refractivity contribution in [3.05, 3.63) is 52.3 Å². The second-order valence-electron chi connectivity index (χ2n) is 6.99. The molecule has 3 aromatic rings. The lowest BCUT2D eigenvalue weighted by Crippen LogP contribution is -2.22. The number of carbonyl (C=O) groups is 2. The molecule has 0 atom stereocenters. The molecular weight excluding hydrogens is 444 g/mol. The quantitative estimate of drug-likeness (QED) is 0.368. The molecule has 0 aliphatic heterocycles. The molecule has 0 saturated carbocycles. The second-order valence-corrected chi connectivity index (χ2v) is 8.00. The molecule has 9 heteroatoms. The van der Waals surface area contributed by atoms with Gasteiger partial charge in [-0.15, -0.1) is 0 Å². The van der Waals surface area contributed by atoms with Crippen molar-refractivity contribution in [2.24, 2.45) is 4.99 Å². The SMILES string of the molecule is CCOC(=O)Cn1c(=NC(=O)C=Cc2cc(OC)c(OC)c(OC)c2)sc2cc(C)ccc21. The summed E-state index contributed by atoms with van der Waals surface area (Å²) in [4.78, 5) is 29.4. The Labute approximate surface area is 195 Å². The van der Waals surface area contributed by atoms with Gasteiger partial charge in [0.1, 0.15) is 6.54 Å². The van der Waals surface area contributed by atoms with Crippen LogP contribution in [0, 0.1) is 6.92 Å². The number of nitrogens with zero attached hydrogens (tertiary/aromatic N) is 2. The summed E-state index contributed by atoms with van der Waals surface area (Å²) >= 11 is 1.34. The Hall–Kier alpha value is -3.59. The molecule has 0 unspecified atom stereocenters. The summed E-state index contributed by atoms with van der Waals surface area (Å²) in [6.45, 7) is 3.99. The number of methoxy groups -OCH3 is 3. The number of aryl methyl sites for hydroxylation is 1. The number of hydrogen-bond acceptors (Lipinski definition) is 7. The molecule has 0 spiro atoms. The molecule has 174 valence electrons. The minimum absolute atomic E-state index is 0.0282. The van der Waals surface area contributed by atoms with Crippen molar-refractivity contribution in [2.75, 3.05) is 27.9 Å². The van der Waals surface area contributed by atoms with Crippen LogP contribution in [0.1, 0.15) is 18.1 Å². The predicted octanol–water partition coefficient (Wildman–Crippen LogP) is 3.74. The Morgan fingerprint density at radius 1 is 1.06 bits per heavy atom. The van der Waals surface area contributed by atoms with Crippen LogP contribution in [0.25, 0.3) is 16.3 Å². The Morgan fingerprint density at radius 2 is 1.76 bits per heavy atom. The number of amides is 1. The van der Waals surface area contributed by atoms with Gasteiger partial charge in [0.15, 0.2) is 16.3 Å². The maximum absolute atomic E-state index is 12.7. The molecule has 0 aliphatic carbocycles. The minimum atomic E-state index is -0.468. The number of fused-ring (bicyclic) bond motifs is 1. The highest BCUT2D eigenvalue weighted by atomic mass is 32.1. The minimum Gasteiger partial charge on any atom is -0.493 e. The summed E-state index contributed by atoms with van der Waals surface area (Å²) in [5, 5.41) is 0. The third kappa shape index (κ3) is 5.61. The summed E-state index contributed by atoms with van der Waals surface area (Å²) in [7, 11) is 4.57. The number of ether oxygens (including phenoxy) is 4. The van der Waals surface area contributed by atoms with Gasteiger partial charge in [0, 0.05) is 6.08 Å². The average Bonchev–Trinajstić information content (AvgIpc) is 3.12. The average molecular weight is 471 g/mol. The first-order valence-corrected chi connectivity index (χ1v) is 11.0. The van der Waals surface area contributed by atoms with Crippen LogP contribution in [-0.2, 0) is 20.9 Å². The lowest BCUT2D eigenvalue weighted by atomic mass is 10.1. The number of thiazole rings is 1. The van der Waals surface area contributed by atoms with E-state index >= 15 is 0 Å². The number of aromatic nitrogens is 1. The van der Waals surface area contributed by atoms with Gasteiger partial charge in [0.05, 0.1) is 38.2 Å². The summed E-state index contributed by atoms with van der Waals surface area (Å²) in [5.74, 6) is 0.569. The molecule has 0 saturated heterocycles. The van der Waals surface area contributed by atoms with Crippen molar-refractivity contribution in [3.8, 4) is 17.2 Å². The molecule has 1 aromatic heterocycles. The summed E-state index contributed by atoms with van der Waals surface area (Å²) in [5.41, 5.74) is 2.57. The van der Waals surface area contributed by atoms with E-state index in [1.165, 1.54) is 38.7 Å². The lowest BCUT2D eigenvalue weighted by Gasteiger charge is -2.12. The molecule has 0 bridgehead atoms. The number of rotatable bonds is 8. The van der Waals surface area contributed by atoms with Crippen molar-refractivity contribution in [2.45, 2.75) is 20.4 Å². The molecule has 33 heavy (non-hydrogen) atoms. The van der Waals surface area contributed by atoms with Crippen molar-refractivity contribution >= 4 is 39.5 Å². The molecule has 8 nitrogen and oxygen atoms in total. The van der Waals surface area contributed by atoms with Crippen molar-refractivity contribution in [1.82, 2.24) is 4.57 Å². The van der Waals surface area contributed by atoms with Crippen LogP contribution in [-0.4, -0.2) is 44.4 Å². The predicted molar refractivity (Wildman–Crippen MR) is 127 cm³/mol. The molecule has 0 radical (unpaired) electrons. The third-order valence-corrected chi connectivity index (χ3v) is 5.78. The molecule has 1 amide bonds. The van der Waals surface area contributed by atoms with Gasteiger partial charge in [-0.25, -0.2) is 0 Å². The summed E-state index contributed by atoms with van der Waals surface area (Å²) in [6, 6.07) is 9.32. The first-order valence-electron chi connectivity index (χ1n) is 10.2. The third-order valence-electron chi connectivity index (χ3n) is 4.74. The van der Waals surface area contributed by atoms with Gasteiger partial charge >= 0.3 is 5.97 Å². The van der Waals surface area contributed by atoms with Crippen molar-refractivity contribution < 1.29 is 28.5 Å². The first-order chi connectivity index (χ1) is 15.9. The summed E-state index contributed by atoms with van der Waals surface area (Å²) < 4.78 is 23.7. The highest BCUT2D eigenvalue weighted by Crippen LogP contribution is 2.38. The fourth-order valence-electron chi connectivity index (χ4n) is 3.25. The number of carbonyl (C=O) groups excluding carboxylic acids is 2. The van der Waals surface area contributed by atoms with Gasteiger partial charge in [-0.1, -0.05) is 17.4 Å². The Bertz CT molecular complexity index is 1250. The van der Waals surface area contributed by atoms with Gasteiger partial charge in [-0.2, -0.15) is 4.99 Å². The molecule has 0 N–H and O–H groups in total. The number of esters is 1. The summed E-state index contributed by atoms with van der Waals surface area (Å²) in [6.07, 6.45) is 2.97. The first kappa shape index (κ1) is 24.1. The van der Waals surface area contributed by atoms with Crippen LogP contribution in [0.15, 0.2) is 41.4 Å².